The van der Waals surface area contributed by atoms with Crippen molar-refractivity contribution in [3.63, 3.8) is 0 Å². The Morgan fingerprint density at radius 1 is 0.850 bits per heavy atom. The molecule has 3 aromatic rings. The predicted octanol–water partition coefficient (Wildman–Crippen LogP) is 6.39. The first-order chi connectivity index (χ1) is 9.56. The molecule has 3 rings (SSSR count). The quantitative estimate of drug-likeness (QED) is 0.491. The SMILES string of the molecule is Oc1ccc(Cl)c(-c2ccc3cc(Br)ccc3c2)c1Br. The van der Waals surface area contributed by atoms with Crippen LogP contribution in [0.5, 0.6) is 5.75 Å². The molecule has 0 saturated heterocycles. The van der Waals surface area contributed by atoms with Crippen LogP contribution in [0.2, 0.25) is 5.02 Å². The van der Waals surface area contributed by atoms with Crippen molar-refractivity contribution in [2.75, 3.05) is 0 Å². The number of hydrogen-bond donors (Lipinski definition) is 1. The fourth-order valence-electron chi connectivity index (χ4n) is 2.18. The van der Waals surface area contributed by atoms with Gasteiger partial charge in [-0.25, -0.2) is 0 Å². The van der Waals surface area contributed by atoms with E-state index in [9.17, 15) is 5.11 Å². The number of halogens is 3. The molecular formula is C16H9Br2ClO. The van der Waals surface area contributed by atoms with Gasteiger partial charge in [0.15, 0.2) is 0 Å². The molecule has 0 saturated carbocycles. The number of aromatic hydroxyl groups is 1. The minimum absolute atomic E-state index is 0.181. The largest absolute Gasteiger partial charge is 0.507 e. The molecule has 0 aliphatic rings. The molecule has 0 bridgehead atoms. The van der Waals surface area contributed by atoms with Crippen LogP contribution in [0.3, 0.4) is 0 Å². The highest BCUT2D eigenvalue weighted by Gasteiger charge is 2.12. The summed E-state index contributed by atoms with van der Waals surface area (Å²) >= 11 is 13.1. The monoisotopic (exact) mass is 410 g/mol. The lowest BCUT2D eigenvalue weighted by Gasteiger charge is -2.10. The van der Waals surface area contributed by atoms with Gasteiger partial charge in [0, 0.05) is 15.1 Å². The molecule has 0 radical (unpaired) electrons. The number of fused-ring (bicyclic) bond motifs is 1. The Labute approximate surface area is 138 Å². The van der Waals surface area contributed by atoms with Crippen LogP contribution in [-0.2, 0) is 0 Å². The van der Waals surface area contributed by atoms with E-state index in [2.05, 4.69) is 44.0 Å². The molecule has 1 N–H and O–H groups in total. The Hall–Kier alpha value is -1.03. The number of hydrogen-bond acceptors (Lipinski definition) is 1. The van der Waals surface area contributed by atoms with Crippen LogP contribution in [0.1, 0.15) is 0 Å². The molecule has 0 aliphatic heterocycles. The highest BCUT2D eigenvalue weighted by molar-refractivity contribution is 9.11. The van der Waals surface area contributed by atoms with Crippen LogP contribution in [0.4, 0.5) is 0 Å². The predicted molar refractivity (Wildman–Crippen MR) is 91.5 cm³/mol. The van der Waals surface area contributed by atoms with E-state index in [1.165, 1.54) is 0 Å². The Kier molecular flexibility index (Phi) is 3.76. The van der Waals surface area contributed by atoms with Gasteiger partial charge >= 0.3 is 0 Å². The second kappa shape index (κ2) is 5.40. The second-order valence-electron chi connectivity index (χ2n) is 4.46. The maximum atomic E-state index is 9.82. The summed E-state index contributed by atoms with van der Waals surface area (Å²) in [6, 6.07) is 15.5. The van der Waals surface area contributed by atoms with Gasteiger partial charge in [0.2, 0.25) is 0 Å². The van der Waals surface area contributed by atoms with Crippen molar-refractivity contribution in [1.82, 2.24) is 0 Å². The number of phenolic OH excluding ortho intramolecular Hbond substituents is 1. The Morgan fingerprint density at radius 3 is 2.35 bits per heavy atom. The van der Waals surface area contributed by atoms with Gasteiger partial charge in [0.05, 0.1) is 4.47 Å². The first kappa shape index (κ1) is 13.9. The zero-order chi connectivity index (χ0) is 14.3. The molecular weight excluding hydrogens is 403 g/mol. The molecule has 0 amide bonds. The summed E-state index contributed by atoms with van der Waals surface area (Å²) in [6.07, 6.45) is 0. The van der Waals surface area contributed by atoms with Crippen molar-refractivity contribution >= 4 is 54.2 Å². The maximum Gasteiger partial charge on any atom is 0.130 e. The third-order valence-corrected chi connectivity index (χ3v) is 4.77. The first-order valence-corrected chi connectivity index (χ1v) is 7.89. The number of rotatable bonds is 1. The maximum absolute atomic E-state index is 9.82. The van der Waals surface area contributed by atoms with Gasteiger partial charge in [-0.3, -0.25) is 0 Å². The first-order valence-electron chi connectivity index (χ1n) is 5.93. The fraction of sp³-hybridized carbons (Fsp3) is 0. The number of phenols is 1. The minimum Gasteiger partial charge on any atom is -0.507 e. The smallest absolute Gasteiger partial charge is 0.130 e. The molecule has 3 aromatic carbocycles. The molecule has 0 spiro atoms. The highest BCUT2D eigenvalue weighted by Crippen LogP contribution is 2.41. The number of benzene rings is 3. The third kappa shape index (κ3) is 2.46. The fourth-order valence-corrected chi connectivity index (χ4v) is 3.51. The summed E-state index contributed by atoms with van der Waals surface area (Å²) in [5.41, 5.74) is 1.77. The summed E-state index contributed by atoms with van der Waals surface area (Å²) in [4.78, 5) is 0. The van der Waals surface area contributed by atoms with Crippen molar-refractivity contribution in [2.45, 2.75) is 0 Å². The van der Waals surface area contributed by atoms with E-state index in [1.807, 2.05) is 24.3 Å². The van der Waals surface area contributed by atoms with Crippen LogP contribution in [0, 0.1) is 0 Å². The van der Waals surface area contributed by atoms with Crippen LogP contribution < -0.4 is 0 Å². The summed E-state index contributed by atoms with van der Waals surface area (Å²) in [5.74, 6) is 0.181. The molecule has 20 heavy (non-hydrogen) atoms. The highest BCUT2D eigenvalue weighted by atomic mass is 79.9. The van der Waals surface area contributed by atoms with Gasteiger partial charge in [-0.1, -0.05) is 45.7 Å². The lowest BCUT2D eigenvalue weighted by Crippen LogP contribution is -1.84. The minimum atomic E-state index is 0.181. The standard InChI is InChI=1S/C16H9Br2ClO/c17-12-4-3-9-7-11(2-1-10(9)8-12)15-13(19)5-6-14(20)16(15)18/h1-8,20H. The van der Waals surface area contributed by atoms with Crippen molar-refractivity contribution in [2.24, 2.45) is 0 Å². The van der Waals surface area contributed by atoms with E-state index in [-0.39, 0.29) is 5.75 Å². The average Bonchev–Trinajstić information content (AvgIpc) is 2.43. The van der Waals surface area contributed by atoms with Gasteiger partial charge in [-0.15, -0.1) is 0 Å². The molecule has 0 fully saturated rings. The normalized spacial score (nSPS) is 10.9. The molecule has 100 valence electrons. The van der Waals surface area contributed by atoms with Crippen LogP contribution in [-0.4, -0.2) is 5.11 Å². The van der Waals surface area contributed by atoms with E-state index < -0.39 is 0 Å². The topological polar surface area (TPSA) is 20.2 Å². The van der Waals surface area contributed by atoms with Gasteiger partial charge in [0.1, 0.15) is 5.75 Å². The third-order valence-electron chi connectivity index (χ3n) is 3.16. The van der Waals surface area contributed by atoms with Crippen molar-refractivity contribution in [3.8, 4) is 16.9 Å². The van der Waals surface area contributed by atoms with Gasteiger partial charge in [-0.2, -0.15) is 0 Å². The lowest BCUT2D eigenvalue weighted by molar-refractivity contribution is 0.472. The van der Waals surface area contributed by atoms with Crippen LogP contribution >= 0.6 is 43.5 Å². The van der Waals surface area contributed by atoms with E-state index in [4.69, 9.17) is 11.6 Å². The zero-order valence-corrected chi connectivity index (χ0v) is 14.1. The van der Waals surface area contributed by atoms with Crippen LogP contribution in [0.25, 0.3) is 21.9 Å². The van der Waals surface area contributed by atoms with E-state index in [1.54, 1.807) is 12.1 Å². The van der Waals surface area contributed by atoms with E-state index >= 15 is 0 Å². The molecule has 0 aliphatic carbocycles. The Bertz CT molecular complexity index is 815. The summed E-state index contributed by atoms with van der Waals surface area (Å²) < 4.78 is 1.66. The molecule has 0 heterocycles. The van der Waals surface area contributed by atoms with Crippen LogP contribution in [0.15, 0.2) is 57.5 Å². The molecule has 4 heteroatoms. The van der Waals surface area contributed by atoms with Crippen molar-refractivity contribution < 1.29 is 5.11 Å². The van der Waals surface area contributed by atoms with Crippen molar-refractivity contribution in [3.05, 3.63) is 62.5 Å². The molecule has 0 atom stereocenters. The van der Waals surface area contributed by atoms with Gasteiger partial charge < -0.3 is 5.11 Å². The second-order valence-corrected chi connectivity index (χ2v) is 6.58. The average molecular weight is 413 g/mol. The summed E-state index contributed by atoms with van der Waals surface area (Å²) in [5, 5.41) is 12.7. The van der Waals surface area contributed by atoms with Gasteiger partial charge in [0.25, 0.3) is 0 Å². The molecule has 1 nitrogen and oxygen atoms in total. The lowest BCUT2D eigenvalue weighted by atomic mass is 10.0. The summed E-state index contributed by atoms with van der Waals surface area (Å²) in [7, 11) is 0. The Balaban J connectivity index is 2.25. The van der Waals surface area contributed by atoms with Crippen molar-refractivity contribution in [1.29, 1.82) is 0 Å². The zero-order valence-electron chi connectivity index (χ0n) is 10.2. The summed E-state index contributed by atoms with van der Waals surface area (Å²) in [6.45, 7) is 0. The van der Waals surface area contributed by atoms with Gasteiger partial charge in [-0.05, 0) is 62.6 Å². The molecule has 0 unspecified atom stereocenters. The van der Waals surface area contributed by atoms with E-state index in [0.29, 0.717) is 9.50 Å². The molecule has 0 aromatic heterocycles. The Morgan fingerprint density at radius 2 is 1.55 bits per heavy atom. The van der Waals surface area contributed by atoms with E-state index in [0.717, 1.165) is 26.4 Å².